The van der Waals surface area contributed by atoms with Gasteiger partial charge >= 0.3 is 0 Å². The van der Waals surface area contributed by atoms with Crippen molar-refractivity contribution in [2.75, 3.05) is 25.1 Å². The summed E-state index contributed by atoms with van der Waals surface area (Å²) < 4.78 is 0. The molecule has 0 N–H and O–H groups in total. The molecule has 0 unspecified atom stereocenters. The van der Waals surface area contributed by atoms with E-state index in [4.69, 9.17) is 5.53 Å². The Hall–Kier alpha value is -0.870. The number of hydrogen-bond donors (Lipinski definition) is 0. The monoisotopic (exact) mass is 200 g/mol. The molecule has 1 saturated heterocycles. The average molecular weight is 200 g/mol. The molecule has 0 aliphatic carbocycles. The Morgan fingerprint density at radius 3 is 3.15 bits per heavy atom. The molecule has 1 atom stereocenters. The fourth-order valence-electron chi connectivity index (χ4n) is 1.23. The van der Waals surface area contributed by atoms with Gasteiger partial charge in [0, 0.05) is 23.8 Å². The molecule has 0 spiro atoms. The lowest BCUT2D eigenvalue weighted by molar-refractivity contribution is -0.129. The molecule has 0 radical (unpaired) electrons. The van der Waals surface area contributed by atoms with Crippen molar-refractivity contribution in [2.24, 2.45) is 5.11 Å². The lowest BCUT2D eigenvalue weighted by Crippen LogP contribution is -2.38. The van der Waals surface area contributed by atoms with Gasteiger partial charge in [0.25, 0.3) is 0 Å². The highest BCUT2D eigenvalue weighted by Crippen LogP contribution is 2.21. The smallest absolute Gasteiger partial charge is 0.228 e. The van der Waals surface area contributed by atoms with Crippen molar-refractivity contribution in [2.45, 2.75) is 12.5 Å². The molecule has 1 heterocycles. The first-order valence-corrected chi connectivity index (χ1v) is 5.25. The first-order chi connectivity index (χ1) is 6.25. The van der Waals surface area contributed by atoms with Gasteiger partial charge in [-0.25, -0.2) is 0 Å². The van der Waals surface area contributed by atoms with Crippen molar-refractivity contribution >= 4 is 17.7 Å². The van der Waals surface area contributed by atoms with Crippen molar-refractivity contribution < 1.29 is 4.79 Å². The SMILES string of the molecule is CN(C(=O)CN=[N+]=[N-])[C@@H]1CCSC1. The lowest BCUT2D eigenvalue weighted by atomic mass is 10.2. The molecule has 1 aliphatic rings. The van der Waals surface area contributed by atoms with Crippen molar-refractivity contribution in [3.63, 3.8) is 0 Å². The molecule has 0 bridgehead atoms. The van der Waals surface area contributed by atoms with Crippen molar-refractivity contribution in [1.29, 1.82) is 0 Å². The van der Waals surface area contributed by atoms with Crippen LogP contribution in [0.2, 0.25) is 0 Å². The molecule has 0 aromatic carbocycles. The number of likely N-dealkylation sites (N-methyl/N-ethyl adjacent to an activating group) is 1. The average Bonchev–Trinajstić information content (AvgIpc) is 2.65. The van der Waals surface area contributed by atoms with Gasteiger partial charge < -0.3 is 4.90 Å². The topological polar surface area (TPSA) is 69.1 Å². The summed E-state index contributed by atoms with van der Waals surface area (Å²) in [7, 11) is 1.77. The molecule has 1 rings (SSSR count). The maximum absolute atomic E-state index is 11.3. The number of azide groups is 1. The molecule has 1 fully saturated rings. The number of rotatable bonds is 3. The minimum Gasteiger partial charge on any atom is -0.342 e. The Morgan fingerprint density at radius 2 is 2.62 bits per heavy atom. The molecular formula is C7H12N4OS. The van der Waals surface area contributed by atoms with E-state index in [1.54, 1.807) is 11.9 Å². The Balaban J connectivity index is 2.40. The van der Waals surface area contributed by atoms with E-state index in [0.717, 1.165) is 17.9 Å². The number of hydrogen-bond acceptors (Lipinski definition) is 3. The van der Waals surface area contributed by atoms with Crippen molar-refractivity contribution in [1.82, 2.24) is 4.90 Å². The number of amides is 1. The van der Waals surface area contributed by atoms with Gasteiger partial charge in [0.2, 0.25) is 5.91 Å². The highest BCUT2D eigenvalue weighted by molar-refractivity contribution is 7.99. The van der Waals surface area contributed by atoms with Gasteiger partial charge in [-0.05, 0) is 17.7 Å². The van der Waals surface area contributed by atoms with E-state index in [0.29, 0.717) is 6.04 Å². The van der Waals surface area contributed by atoms with E-state index in [9.17, 15) is 4.79 Å². The van der Waals surface area contributed by atoms with Gasteiger partial charge in [-0.15, -0.1) is 0 Å². The van der Waals surface area contributed by atoms with Crippen LogP contribution in [-0.4, -0.2) is 41.9 Å². The number of nitrogens with zero attached hydrogens (tertiary/aromatic N) is 4. The Bertz CT molecular complexity index is 233. The zero-order valence-electron chi connectivity index (χ0n) is 7.51. The van der Waals surface area contributed by atoms with E-state index in [-0.39, 0.29) is 12.5 Å². The summed E-state index contributed by atoms with van der Waals surface area (Å²) >= 11 is 1.85. The van der Waals surface area contributed by atoms with Crippen LogP contribution in [0.15, 0.2) is 5.11 Å². The predicted molar refractivity (Wildman–Crippen MR) is 52.5 cm³/mol. The number of thioether (sulfide) groups is 1. The van der Waals surface area contributed by atoms with Gasteiger partial charge in [0.15, 0.2) is 0 Å². The Labute approximate surface area is 81.1 Å². The Kier molecular flexibility index (Phi) is 3.92. The molecular weight excluding hydrogens is 188 g/mol. The van der Waals surface area contributed by atoms with Crippen LogP contribution in [0.1, 0.15) is 6.42 Å². The standard InChI is InChI=1S/C7H12N4OS/c1-11(6-2-3-13-5-6)7(12)4-9-10-8/h6H,2-5H2,1H3/t6-/m1/s1. The fourth-order valence-corrected chi connectivity index (χ4v) is 2.50. The Morgan fingerprint density at radius 1 is 1.85 bits per heavy atom. The maximum atomic E-state index is 11.3. The highest BCUT2D eigenvalue weighted by Gasteiger charge is 2.22. The molecule has 13 heavy (non-hydrogen) atoms. The first kappa shape index (κ1) is 10.2. The van der Waals surface area contributed by atoms with Crippen LogP contribution in [0.5, 0.6) is 0 Å². The zero-order chi connectivity index (χ0) is 9.68. The molecule has 6 heteroatoms. The molecule has 1 amide bonds. The van der Waals surface area contributed by atoms with Gasteiger partial charge in [-0.3, -0.25) is 4.79 Å². The van der Waals surface area contributed by atoms with Gasteiger partial charge in [-0.1, -0.05) is 5.11 Å². The van der Waals surface area contributed by atoms with Crippen LogP contribution in [0, 0.1) is 0 Å². The summed E-state index contributed by atoms with van der Waals surface area (Å²) in [6, 6.07) is 0.325. The third kappa shape index (κ3) is 2.82. The minimum absolute atomic E-state index is 0.0613. The molecule has 1 aliphatic heterocycles. The summed E-state index contributed by atoms with van der Waals surface area (Å²) in [5.41, 5.74) is 8.05. The fraction of sp³-hybridized carbons (Fsp3) is 0.857. The summed E-state index contributed by atoms with van der Waals surface area (Å²) in [6.07, 6.45) is 1.04. The minimum atomic E-state index is -0.0923. The molecule has 72 valence electrons. The van der Waals surface area contributed by atoms with E-state index < -0.39 is 0 Å². The summed E-state index contributed by atoms with van der Waals surface area (Å²) in [5, 5.41) is 3.25. The van der Waals surface area contributed by atoms with Gasteiger partial charge in [0.05, 0.1) is 0 Å². The summed E-state index contributed by atoms with van der Waals surface area (Å²) in [4.78, 5) is 15.6. The largest absolute Gasteiger partial charge is 0.342 e. The normalized spacial score (nSPS) is 20.8. The van der Waals surface area contributed by atoms with Crippen molar-refractivity contribution in [3.05, 3.63) is 10.4 Å². The predicted octanol–water partition coefficient (Wildman–Crippen LogP) is 1.26. The molecule has 5 nitrogen and oxygen atoms in total. The van der Waals surface area contributed by atoms with Crippen LogP contribution in [0.3, 0.4) is 0 Å². The van der Waals surface area contributed by atoms with E-state index >= 15 is 0 Å². The van der Waals surface area contributed by atoms with E-state index in [2.05, 4.69) is 10.0 Å². The summed E-state index contributed by atoms with van der Waals surface area (Å²) in [6.45, 7) is -0.0613. The quantitative estimate of drug-likeness (QED) is 0.391. The van der Waals surface area contributed by atoms with Crippen molar-refractivity contribution in [3.8, 4) is 0 Å². The number of carbonyl (C=O) groups is 1. The van der Waals surface area contributed by atoms with Crippen LogP contribution < -0.4 is 0 Å². The second kappa shape index (κ2) is 4.99. The molecule has 0 aromatic rings. The van der Waals surface area contributed by atoms with Crippen LogP contribution in [-0.2, 0) is 4.79 Å². The third-order valence-electron chi connectivity index (χ3n) is 2.12. The lowest BCUT2D eigenvalue weighted by Gasteiger charge is -2.22. The summed E-state index contributed by atoms with van der Waals surface area (Å²) in [5.74, 6) is 2.02. The molecule has 0 aromatic heterocycles. The van der Waals surface area contributed by atoms with Gasteiger partial charge in [0.1, 0.15) is 6.54 Å². The van der Waals surface area contributed by atoms with Crippen LogP contribution in [0.4, 0.5) is 0 Å². The first-order valence-electron chi connectivity index (χ1n) is 4.10. The third-order valence-corrected chi connectivity index (χ3v) is 3.26. The molecule has 0 saturated carbocycles. The van der Waals surface area contributed by atoms with E-state index in [1.165, 1.54) is 0 Å². The van der Waals surface area contributed by atoms with Gasteiger partial charge in [-0.2, -0.15) is 11.8 Å². The second-order valence-corrected chi connectivity index (χ2v) is 4.06. The van der Waals surface area contributed by atoms with Crippen LogP contribution >= 0.6 is 11.8 Å². The van der Waals surface area contributed by atoms with E-state index in [1.807, 2.05) is 11.8 Å². The highest BCUT2D eigenvalue weighted by atomic mass is 32.2. The van der Waals surface area contributed by atoms with Crippen LogP contribution in [0.25, 0.3) is 10.4 Å². The number of carbonyl (C=O) groups excluding carboxylic acids is 1. The second-order valence-electron chi connectivity index (χ2n) is 2.91. The zero-order valence-corrected chi connectivity index (χ0v) is 8.33. The maximum Gasteiger partial charge on any atom is 0.228 e.